The van der Waals surface area contributed by atoms with E-state index >= 15 is 0 Å². The zero-order chi connectivity index (χ0) is 25.9. The lowest BCUT2D eigenvalue weighted by molar-refractivity contribution is -0.142. The Morgan fingerprint density at radius 3 is 2.50 bits per heavy atom. The lowest BCUT2D eigenvalue weighted by Gasteiger charge is -2.33. The molecule has 0 heterocycles. The third-order valence-corrected chi connectivity index (χ3v) is 4.83. The quantitative estimate of drug-likeness (QED) is 0.424. The normalized spacial score (nSPS) is 13.6. The van der Waals surface area contributed by atoms with E-state index in [1.54, 1.807) is 51.1 Å². The van der Waals surface area contributed by atoms with Gasteiger partial charge in [-0.2, -0.15) is 5.26 Å². The standard InChI is InChI=1S/C25H36N4O5/c1-7-10-17(3)27-22(31)21(19-12-9-11-18(8-2)15-19)29(14-13-26)23(32)20(16-30)28-24(33)34-25(4,5)6/h8-9,11-12,15,17,20-21,30H,2,7,10,14,16H2,1,3-6H3,(H,27,31)(H,28,33). The first-order chi connectivity index (χ1) is 16.0. The van der Waals surface area contributed by atoms with Crippen LogP contribution >= 0.6 is 0 Å². The van der Waals surface area contributed by atoms with Gasteiger partial charge in [-0.3, -0.25) is 9.59 Å². The molecule has 0 radical (unpaired) electrons. The van der Waals surface area contributed by atoms with Crippen LogP contribution in [-0.4, -0.2) is 58.8 Å². The first-order valence-corrected chi connectivity index (χ1v) is 11.3. The molecule has 186 valence electrons. The van der Waals surface area contributed by atoms with Crippen LogP contribution in [0.5, 0.6) is 0 Å². The van der Waals surface area contributed by atoms with Crippen molar-refractivity contribution in [3.05, 3.63) is 42.0 Å². The van der Waals surface area contributed by atoms with E-state index in [0.717, 1.165) is 23.3 Å². The molecule has 1 aromatic carbocycles. The van der Waals surface area contributed by atoms with Crippen molar-refractivity contribution in [3.63, 3.8) is 0 Å². The number of hydrogen-bond donors (Lipinski definition) is 3. The lowest BCUT2D eigenvalue weighted by atomic mass is 10.00. The average Bonchev–Trinajstić information content (AvgIpc) is 2.75. The van der Waals surface area contributed by atoms with E-state index in [-0.39, 0.29) is 6.04 Å². The van der Waals surface area contributed by atoms with Gasteiger partial charge in [0.1, 0.15) is 24.2 Å². The van der Waals surface area contributed by atoms with Crippen molar-refractivity contribution in [2.24, 2.45) is 0 Å². The molecule has 0 saturated carbocycles. The molecule has 0 fully saturated rings. The van der Waals surface area contributed by atoms with Gasteiger partial charge in [-0.05, 0) is 51.3 Å². The fourth-order valence-electron chi connectivity index (χ4n) is 3.36. The maximum atomic E-state index is 13.4. The molecule has 3 atom stereocenters. The summed E-state index contributed by atoms with van der Waals surface area (Å²) >= 11 is 0. The molecule has 0 aliphatic rings. The Labute approximate surface area is 201 Å². The summed E-state index contributed by atoms with van der Waals surface area (Å²) in [5, 5.41) is 24.5. The van der Waals surface area contributed by atoms with Crippen LogP contribution in [0.4, 0.5) is 4.79 Å². The Balaban J connectivity index is 3.39. The van der Waals surface area contributed by atoms with E-state index < -0.39 is 48.7 Å². The average molecular weight is 473 g/mol. The van der Waals surface area contributed by atoms with Crippen LogP contribution in [0, 0.1) is 11.3 Å². The Morgan fingerprint density at radius 2 is 1.97 bits per heavy atom. The number of carbonyl (C=O) groups is 3. The van der Waals surface area contributed by atoms with Crippen LogP contribution in [-0.2, 0) is 14.3 Å². The smallest absolute Gasteiger partial charge is 0.408 e. The number of benzene rings is 1. The highest BCUT2D eigenvalue weighted by atomic mass is 16.6. The van der Waals surface area contributed by atoms with Gasteiger partial charge < -0.3 is 25.4 Å². The predicted octanol–water partition coefficient (Wildman–Crippen LogP) is 2.91. The molecule has 0 aliphatic heterocycles. The Bertz CT molecular complexity index is 903. The minimum Gasteiger partial charge on any atom is -0.444 e. The van der Waals surface area contributed by atoms with Crippen molar-refractivity contribution in [1.82, 2.24) is 15.5 Å². The van der Waals surface area contributed by atoms with Gasteiger partial charge in [0.2, 0.25) is 11.8 Å². The summed E-state index contributed by atoms with van der Waals surface area (Å²) in [6.45, 7) is 11.4. The van der Waals surface area contributed by atoms with Crippen molar-refractivity contribution in [1.29, 1.82) is 5.26 Å². The summed E-state index contributed by atoms with van der Waals surface area (Å²) in [4.78, 5) is 40.0. The number of nitriles is 1. The van der Waals surface area contributed by atoms with Crippen LogP contribution in [0.15, 0.2) is 30.8 Å². The third-order valence-electron chi connectivity index (χ3n) is 4.83. The number of aliphatic hydroxyl groups excluding tert-OH is 1. The van der Waals surface area contributed by atoms with Crippen LogP contribution < -0.4 is 10.6 Å². The summed E-state index contributed by atoms with van der Waals surface area (Å²) in [7, 11) is 0. The third kappa shape index (κ3) is 8.87. The largest absolute Gasteiger partial charge is 0.444 e. The number of nitrogens with one attached hydrogen (secondary N) is 2. The highest BCUT2D eigenvalue weighted by Crippen LogP contribution is 2.24. The van der Waals surface area contributed by atoms with Gasteiger partial charge in [-0.1, -0.05) is 44.2 Å². The number of rotatable bonds is 11. The minimum absolute atomic E-state index is 0.157. The topological polar surface area (TPSA) is 132 Å². The van der Waals surface area contributed by atoms with E-state index in [1.807, 2.05) is 19.9 Å². The number of amides is 3. The minimum atomic E-state index is -1.41. The van der Waals surface area contributed by atoms with Crippen molar-refractivity contribution >= 4 is 24.0 Å². The summed E-state index contributed by atoms with van der Waals surface area (Å²) in [5.74, 6) is -1.26. The molecule has 3 unspecified atom stereocenters. The van der Waals surface area contributed by atoms with Gasteiger partial charge in [0.15, 0.2) is 0 Å². The number of nitrogens with zero attached hydrogens (tertiary/aromatic N) is 2. The maximum absolute atomic E-state index is 13.4. The molecule has 3 N–H and O–H groups in total. The van der Waals surface area contributed by atoms with Gasteiger partial charge >= 0.3 is 6.09 Å². The second-order valence-corrected chi connectivity index (χ2v) is 8.98. The van der Waals surface area contributed by atoms with Gasteiger partial charge in [0.25, 0.3) is 0 Å². The van der Waals surface area contributed by atoms with Crippen LogP contribution in [0.1, 0.15) is 64.6 Å². The molecule has 0 bridgehead atoms. The van der Waals surface area contributed by atoms with Crippen molar-refractivity contribution in [3.8, 4) is 6.07 Å². The van der Waals surface area contributed by atoms with Crippen LogP contribution in [0.25, 0.3) is 6.08 Å². The van der Waals surface area contributed by atoms with Crippen LogP contribution in [0.3, 0.4) is 0 Å². The summed E-state index contributed by atoms with van der Waals surface area (Å²) < 4.78 is 5.18. The summed E-state index contributed by atoms with van der Waals surface area (Å²) in [6.07, 6.45) is 2.29. The molecule has 0 aromatic heterocycles. The lowest BCUT2D eigenvalue weighted by Crippen LogP contribution is -2.55. The van der Waals surface area contributed by atoms with E-state index in [2.05, 4.69) is 17.2 Å². The molecule has 1 aromatic rings. The molecule has 3 amide bonds. The number of ether oxygens (including phenoxy) is 1. The van der Waals surface area contributed by atoms with Crippen LogP contribution in [0.2, 0.25) is 0 Å². The first-order valence-electron chi connectivity index (χ1n) is 11.3. The molecule has 0 saturated heterocycles. The number of hydrogen-bond acceptors (Lipinski definition) is 6. The monoisotopic (exact) mass is 472 g/mol. The Morgan fingerprint density at radius 1 is 1.29 bits per heavy atom. The van der Waals surface area contributed by atoms with Crippen molar-refractivity contribution < 1.29 is 24.2 Å². The van der Waals surface area contributed by atoms with Crippen molar-refractivity contribution in [2.45, 2.75) is 71.2 Å². The number of carbonyl (C=O) groups excluding carboxylic acids is 3. The second-order valence-electron chi connectivity index (χ2n) is 8.98. The number of aliphatic hydroxyl groups is 1. The Kier molecular flexibility index (Phi) is 11.3. The van der Waals surface area contributed by atoms with E-state index in [4.69, 9.17) is 4.74 Å². The second kappa shape index (κ2) is 13.4. The maximum Gasteiger partial charge on any atom is 0.408 e. The Hall–Kier alpha value is -3.38. The predicted molar refractivity (Wildman–Crippen MR) is 129 cm³/mol. The molecule has 0 aliphatic carbocycles. The molecular weight excluding hydrogens is 436 g/mol. The van der Waals surface area contributed by atoms with Gasteiger partial charge in [-0.15, -0.1) is 0 Å². The zero-order valence-corrected chi connectivity index (χ0v) is 20.6. The molecule has 9 nitrogen and oxygen atoms in total. The first kappa shape index (κ1) is 28.7. The van der Waals surface area contributed by atoms with E-state index in [0.29, 0.717) is 5.56 Å². The van der Waals surface area contributed by atoms with Gasteiger partial charge in [-0.25, -0.2) is 4.79 Å². The number of alkyl carbamates (subject to hydrolysis) is 1. The van der Waals surface area contributed by atoms with Crippen molar-refractivity contribution in [2.75, 3.05) is 13.2 Å². The zero-order valence-electron chi connectivity index (χ0n) is 20.6. The fraction of sp³-hybridized carbons (Fsp3) is 0.520. The molecule has 9 heteroatoms. The summed E-state index contributed by atoms with van der Waals surface area (Å²) in [5.41, 5.74) is 0.380. The van der Waals surface area contributed by atoms with Gasteiger partial charge in [0, 0.05) is 6.04 Å². The molecule has 0 spiro atoms. The van der Waals surface area contributed by atoms with Gasteiger partial charge in [0.05, 0.1) is 12.7 Å². The van der Waals surface area contributed by atoms with E-state index in [9.17, 15) is 24.8 Å². The molecule has 1 rings (SSSR count). The fourth-order valence-corrected chi connectivity index (χ4v) is 3.36. The summed E-state index contributed by atoms with van der Waals surface area (Å²) in [6, 6.07) is 6.07. The molecular formula is C25H36N4O5. The van der Waals surface area contributed by atoms with E-state index in [1.165, 1.54) is 0 Å². The SMILES string of the molecule is C=Cc1cccc(C(C(=O)NC(C)CCC)N(CC#N)C(=O)C(CO)NC(=O)OC(C)(C)C)c1. The highest BCUT2D eigenvalue weighted by molar-refractivity contribution is 5.92. The highest BCUT2D eigenvalue weighted by Gasteiger charge is 2.36. The molecule has 34 heavy (non-hydrogen) atoms.